The van der Waals surface area contributed by atoms with Gasteiger partial charge in [-0.3, -0.25) is 14.3 Å². The molecule has 0 radical (unpaired) electrons. The zero-order chi connectivity index (χ0) is 27.4. The van der Waals surface area contributed by atoms with Crippen molar-refractivity contribution in [3.05, 3.63) is 53.6 Å². The third-order valence-corrected chi connectivity index (χ3v) is 7.16. The molecule has 0 saturated carbocycles. The highest BCUT2D eigenvalue weighted by Gasteiger charge is 2.34. The van der Waals surface area contributed by atoms with Gasteiger partial charge in [-0.2, -0.15) is 10.4 Å². The molecule has 4 aromatic rings. The lowest BCUT2D eigenvalue weighted by Gasteiger charge is -2.29. The second kappa shape index (κ2) is 11.2. The Hall–Kier alpha value is -3.93. The fraction of sp³-hybridized carbons (Fsp3) is 0.414. The molecule has 4 rings (SSSR count). The van der Waals surface area contributed by atoms with E-state index in [2.05, 4.69) is 16.3 Å². The third-order valence-electron chi connectivity index (χ3n) is 7.16. The van der Waals surface area contributed by atoms with Gasteiger partial charge in [0.05, 0.1) is 37.1 Å². The number of nitrogens with one attached hydrogen (secondary N) is 1. The minimum absolute atomic E-state index is 0.0155. The number of nitriles is 1. The van der Waals surface area contributed by atoms with Crippen LogP contribution in [0.2, 0.25) is 0 Å². The maximum Gasteiger partial charge on any atom is 0.303 e. The van der Waals surface area contributed by atoms with Crippen LogP contribution in [-0.2, 0) is 10.2 Å². The summed E-state index contributed by atoms with van der Waals surface area (Å²) in [6.45, 7) is 3.50. The van der Waals surface area contributed by atoms with Crippen LogP contribution in [0.4, 0.5) is 8.78 Å². The summed E-state index contributed by atoms with van der Waals surface area (Å²) in [7, 11) is 1.41. The number of alkyl halides is 1. The lowest BCUT2D eigenvalue weighted by atomic mass is 9.78. The predicted octanol–water partition coefficient (Wildman–Crippen LogP) is 6.93. The maximum absolute atomic E-state index is 14.4. The Kier molecular flexibility index (Phi) is 8.00. The summed E-state index contributed by atoms with van der Waals surface area (Å²) in [5, 5.41) is 28.0. The second-order valence-electron chi connectivity index (χ2n) is 10.3. The number of carboxylic acids is 1. The number of aliphatic carboxylic acids is 1. The van der Waals surface area contributed by atoms with Gasteiger partial charge in [-0.25, -0.2) is 4.39 Å². The normalized spacial score (nSPS) is 12.6. The van der Waals surface area contributed by atoms with Gasteiger partial charge in [0.25, 0.3) is 0 Å². The lowest BCUT2D eigenvalue weighted by Crippen LogP contribution is -2.23. The number of carboxylic acid groups (broad SMARTS) is 1. The Labute approximate surface area is 220 Å². The van der Waals surface area contributed by atoms with Gasteiger partial charge in [-0.15, -0.1) is 0 Å². The van der Waals surface area contributed by atoms with E-state index in [1.807, 2.05) is 30.5 Å². The van der Waals surface area contributed by atoms with Gasteiger partial charge >= 0.3 is 5.97 Å². The Morgan fingerprint density at radius 1 is 1.26 bits per heavy atom. The van der Waals surface area contributed by atoms with Crippen molar-refractivity contribution in [1.82, 2.24) is 14.8 Å². The van der Waals surface area contributed by atoms with Crippen molar-refractivity contribution in [3.8, 4) is 17.5 Å². The van der Waals surface area contributed by atoms with Gasteiger partial charge in [0.2, 0.25) is 0 Å². The first-order valence-electron chi connectivity index (χ1n) is 12.7. The first-order valence-corrected chi connectivity index (χ1v) is 12.7. The van der Waals surface area contributed by atoms with Crippen LogP contribution < -0.4 is 4.74 Å². The number of hydrogen-bond donors (Lipinski definition) is 2. The van der Waals surface area contributed by atoms with Crippen molar-refractivity contribution in [3.63, 3.8) is 0 Å². The molecule has 0 saturated heterocycles. The fourth-order valence-corrected chi connectivity index (χ4v) is 5.42. The molecule has 0 fully saturated rings. The lowest BCUT2D eigenvalue weighted by molar-refractivity contribution is -0.137. The van der Waals surface area contributed by atoms with E-state index in [9.17, 15) is 23.9 Å². The van der Waals surface area contributed by atoms with E-state index in [1.165, 1.54) is 13.2 Å². The Morgan fingerprint density at radius 3 is 2.71 bits per heavy atom. The Morgan fingerprint density at radius 2 is 2.03 bits per heavy atom. The summed E-state index contributed by atoms with van der Waals surface area (Å²) in [6.07, 6.45) is 3.80. The molecule has 0 spiro atoms. The van der Waals surface area contributed by atoms with Gasteiger partial charge < -0.3 is 14.4 Å². The van der Waals surface area contributed by atoms with Crippen molar-refractivity contribution < 1.29 is 23.4 Å². The number of H-pyrrole nitrogens is 1. The fourth-order valence-electron chi connectivity index (χ4n) is 5.42. The molecule has 0 aliphatic carbocycles. The summed E-state index contributed by atoms with van der Waals surface area (Å²) >= 11 is 0. The number of carbonyl (C=O) groups is 1. The summed E-state index contributed by atoms with van der Waals surface area (Å²) in [6, 6.07) is 11.0. The first-order chi connectivity index (χ1) is 18.2. The van der Waals surface area contributed by atoms with Crippen LogP contribution in [0.15, 0.2) is 36.5 Å². The zero-order valence-electron chi connectivity index (χ0n) is 21.9. The van der Waals surface area contributed by atoms with Crippen LogP contribution in [0, 0.1) is 17.1 Å². The molecule has 1 unspecified atom stereocenters. The number of aromatic amines is 1. The quantitative estimate of drug-likeness (QED) is 0.210. The Balaban J connectivity index is 2.10. The van der Waals surface area contributed by atoms with E-state index in [0.717, 1.165) is 33.1 Å². The molecule has 0 bridgehead atoms. The number of ether oxygens (including phenoxy) is 1. The number of fused-ring (bicyclic) bond motifs is 2. The van der Waals surface area contributed by atoms with Gasteiger partial charge in [0.15, 0.2) is 11.6 Å². The molecule has 2 aromatic carbocycles. The van der Waals surface area contributed by atoms with Crippen molar-refractivity contribution in [2.45, 2.75) is 63.7 Å². The molecule has 9 heteroatoms. The van der Waals surface area contributed by atoms with E-state index in [4.69, 9.17) is 4.74 Å². The van der Waals surface area contributed by atoms with Crippen molar-refractivity contribution in [2.24, 2.45) is 0 Å². The van der Waals surface area contributed by atoms with Crippen LogP contribution in [0.5, 0.6) is 5.75 Å². The predicted molar refractivity (Wildman–Crippen MR) is 142 cm³/mol. The van der Waals surface area contributed by atoms with Crippen LogP contribution in [-0.4, -0.2) is 39.6 Å². The first kappa shape index (κ1) is 27.1. The van der Waals surface area contributed by atoms with E-state index in [-0.39, 0.29) is 24.5 Å². The van der Waals surface area contributed by atoms with Crippen molar-refractivity contribution in [2.75, 3.05) is 13.8 Å². The van der Waals surface area contributed by atoms with Gasteiger partial charge in [-0.1, -0.05) is 13.8 Å². The van der Waals surface area contributed by atoms with Crippen LogP contribution in [0.25, 0.3) is 27.5 Å². The van der Waals surface area contributed by atoms with E-state index in [0.29, 0.717) is 31.4 Å². The van der Waals surface area contributed by atoms with E-state index >= 15 is 0 Å². The number of aromatic nitrogens is 3. The van der Waals surface area contributed by atoms with Crippen LogP contribution in [0.1, 0.15) is 69.5 Å². The van der Waals surface area contributed by atoms with Crippen LogP contribution >= 0.6 is 0 Å². The van der Waals surface area contributed by atoms with Crippen molar-refractivity contribution >= 4 is 27.8 Å². The van der Waals surface area contributed by atoms with E-state index in [1.54, 1.807) is 18.3 Å². The number of halogens is 2. The molecule has 2 heterocycles. The Bertz CT molecular complexity index is 1500. The molecular formula is C29H32F2N4O3. The molecule has 0 amide bonds. The van der Waals surface area contributed by atoms with Crippen molar-refractivity contribution in [1.29, 1.82) is 5.26 Å². The highest BCUT2D eigenvalue weighted by atomic mass is 19.1. The summed E-state index contributed by atoms with van der Waals surface area (Å²) < 4.78 is 35.2. The molecule has 0 aliphatic heterocycles. The number of benzene rings is 2. The number of rotatable bonds is 12. The number of methoxy groups -OCH3 is 1. The molecule has 0 aliphatic rings. The average molecular weight is 523 g/mol. The molecule has 38 heavy (non-hydrogen) atoms. The number of hydrogen-bond acceptors (Lipinski definition) is 4. The summed E-state index contributed by atoms with van der Waals surface area (Å²) in [4.78, 5) is 11.3. The van der Waals surface area contributed by atoms with Gasteiger partial charge in [-0.05, 0) is 61.4 Å². The van der Waals surface area contributed by atoms with Gasteiger partial charge in [0, 0.05) is 46.5 Å². The maximum atomic E-state index is 14.4. The monoisotopic (exact) mass is 522 g/mol. The van der Waals surface area contributed by atoms with Gasteiger partial charge in [0.1, 0.15) is 0 Å². The largest absolute Gasteiger partial charge is 0.494 e. The average Bonchev–Trinajstić information content (AvgIpc) is 3.47. The minimum atomic E-state index is -0.876. The zero-order valence-corrected chi connectivity index (χ0v) is 21.9. The number of nitrogens with zero attached hydrogens (tertiary/aromatic N) is 3. The molecule has 2 aromatic heterocycles. The molecule has 1 atom stereocenters. The molecular weight excluding hydrogens is 490 g/mol. The van der Waals surface area contributed by atoms with E-state index < -0.39 is 23.9 Å². The summed E-state index contributed by atoms with van der Waals surface area (Å²) in [5.74, 6) is -1.42. The van der Waals surface area contributed by atoms with Crippen LogP contribution in [0.3, 0.4) is 0 Å². The standard InChI is InChI=1S/C29H32F2N4O3/c1-29(2,11-13-32)28-27(18(7-5-12-30)6-4-8-26(36)37)21-16-23-19(17-33-34-23)14-24(21)35(28)20-9-10-22(31)25(15-20)38-3/h9-10,14-18H,4-8,11-12H2,1-3H3,(H,33,34)(H,36,37). The minimum Gasteiger partial charge on any atom is -0.494 e. The third kappa shape index (κ3) is 5.21. The molecule has 7 nitrogen and oxygen atoms in total. The molecule has 2 N–H and O–H groups in total. The second-order valence-corrected chi connectivity index (χ2v) is 10.3. The molecule has 200 valence electrons. The smallest absolute Gasteiger partial charge is 0.303 e. The SMILES string of the molecule is COc1cc(-n2c(C(C)(C)CC#N)c(C(CCCF)CCCC(=O)O)c3cc4[nH]ncc4cc32)ccc1F. The summed E-state index contributed by atoms with van der Waals surface area (Å²) in [5.41, 5.74) is 3.51. The topological polar surface area (TPSA) is 104 Å². The highest BCUT2D eigenvalue weighted by molar-refractivity contribution is 5.99. The highest BCUT2D eigenvalue weighted by Crippen LogP contribution is 2.46.